The molecule has 22 aromatic rings. The van der Waals surface area contributed by atoms with Crippen LogP contribution in [-0.2, 0) is 0 Å². The summed E-state index contributed by atoms with van der Waals surface area (Å²) in [7, 11) is 0. The number of fused-ring (bicyclic) bond motifs is 12. The molecular weight excluding hydrogens is 1350 g/mol. The van der Waals surface area contributed by atoms with Crippen molar-refractivity contribution in [1.29, 1.82) is 0 Å². The van der Waals surface area contributed by atoms with Gasteiger partial charge in [-0.1, -0.05) is 328 Å². The Balaban J connectivity index is 0.000000141. The van der Waals surface area contributed by atoms with Gasteiger partial charge in [0.05, 0.1) is 44.1 Å². The number of para-hydroxylation sites is 4. The van der Waals surface area contributed by atoms with E-state index in [4.69, 9.17) is 0 Å². The molecule has 524 valence electrons. The molecule has 0 saturated heterocycles. The first-order valence-corrected chi connectivity index (χ1v) is 38.5. The van der Waals surface area contributed by atoms with Crippen LogP contribution >= 0.6 is 0 Å². The maximum absolute atomic E-state index is 2.46. The highest BCUT2D eigenvalue weighted by atomic mass is 15.0. The number of benzene rings is 18. The Morgan fingerprint density at radius 3 is 0.616 bits per heavy atom. The smallest absolute Gasteiger partial charge is 0.0547 e. The van der Waals surface area contributed by atoms with Crippen molar-refractivity contribution in [2.24, 2.45) is 0 Å². The van der Waals surface area contributed by atoms with E-state index >= 15 is 0 Å². The minimum absolute atomic E-state index is 1.14. The van der Waals surface area contributed by atoms with Gasteiger partial charge in [-0.15, -0.1) is 0 Å². The fraction of sp³-hybridized carbons (Fsp3) is 0. The molecule has 0 bridgehead atoms. The van der Waals surface area contributed by atoms with E-state index in [1.165, 1.54) is 176 Å². The van der Waals surface area contributed by atoms with Crippen molar-refractivity contribution in [3.63, 3.8) is 0 Å². The van der Waals surface area contributed by atoms with Gasteiger partial charge >= 0.3 is 0 Å². The van der Waals surface area contributed by atoms with Gasteiger partial charge in [0, 0.05) is 65.8 Å². The van der Waals surface area contributed by atoms with Gasteiger partial charge in [-0.2, -0.15) is 0 Å². The van der Waals surface area contributed by atoms with Crippen LogP contribution < -0.4 is 0 Å². The van der Waals surface area contributed by atoms with E-state index in [9.17, 15) is 0 Å². The lowest BCUT2D eigenvalue weighted by molar-refractivity contribution is 1.18. The third kappa shape index (κ3) is 11.6. The second-order valence-corrected chi connectivity index (χ2v) is 29.2. The number of rotatable bonds is 12. The molecule has 18 aromatic carbocycles. The molecule has 22 rings (SSSR count). The first-order chi connectivity index (χ1) is 55.5. The molecule has 0 amide bonds. The molecule has 0 saturated carbocycles. The number of aromatic nitrogens is 4. The maximum atomic E-state index is 2.46. The van der Waals surface area contributed by atoms with Gasteiger partial charge in [-0.3, -0.25) is 0 Å². The molecule has 4 nitrogen and oxygen atoms in total. The molecule has 4 heteroatoms. The van der Waals surface area contributed by atoms with Gasteiger partial charge in [0.25, 0.3) is 0 Å². The zero-order valence-corrected chi connectivity index (χ0v) is 61.4. The molecule has 0 unspecified atom stereocenters. The first-order valence-electron chi connectivity index (χ1n) is 38.5. The van der Waals surface area contributed by atoms with Crippen LogP contribution in [0.25, 0.3) is 199 Å². The molecule has 0 spiro atoms. The Hall–Kier alpha value is -14.8. The van der Waals surface area contributed by atoms with Crippen LogP contribution in [0.1, 0.15) is 0 Å². The van der Waals surface area contributed by atoms with Crippen LogP contribution in [0.3, 0.4) is 0 Å². The van der Waals surface area contributed by atoms with E-state index < -0.39 is 0 Å². The fourth-order valence-electron chi connectivity index (χ4n) is 17.3. The largest absolute Gasteiger partial charge is 0.309 e. The molecule has 4 heterocycles. The summed E-state index contributed by atoms with van der Waals surface area (Å²) in [6.07, 6.45) is 0. The summed E-state index contributed by atoms with van der Waals surface area (Å²) >= 11 is 0. The molecule has 0 atom stereocenters. The topological polar surface area (TPSA) is 19.7 Å². The second kappa shape index (κ2) is 27.7. The van der Waals surface area contributed by atoms with Crippen molar-refractivity contribution < 1.29 is 0 Å². The Morgan fingerprint density at radius 2 is 0.304 bits per heavy atom. The average Bonchev–Trinajstić information content (AvgIpc) is 1.59. The van der Waals surface area contributed by atoms with Crippen molar-refractivity contribution >= 4 is 87.2 Å². The van der Waals surface area contributed by atoms with Gasteiger partial charge in [0.1, 0.15) is 0 Å². The van der Waals surface area contributed by atoms with Gasteiger partial charge in [-0.25, -0.2) is 0 Å². The van der Waals surface area contributed by atoms with Gasteiger partial charge in [0.15, 0.2) is 0 Å². The Bertz CT molecular complexity index is 7200. The summed E-state index contributed by atoms with van der Waals surface area (Å²) in [5.41, 5.74) is 33.3. The SMILES string of the molecule is c1ccc(-c2ccc(-n3c4ccccc4c4ccc(-c5ccc6c7ccccc7n(-c7cc(-c8ccccc8)cc(-c8ccccc8)c7)c6c5)cc43)cc2)cc1.c1ccc(-c2cccc(-n3c4ccccc4c4ccc(-c5ccc6c7ccccc7n(-c7cc(-c8ccccc8)cc(-c8ccccc8)c7)c6c5)cc43)c2)cc1. The monoisotopic (exact) mass is 1420 g/mol. The first kappa shape index (κ1) is 65.5. The minimum Gasteiger partial charge on any atom is -0.309 e. The average molecular weight is 1430 g/mol. The molecular formula is C108H72N4. The summed E-state index contributed by atoms with van der Waals surface area (Å²) in [5.74, 6) is 0. The van der Waals surface area contributed by atoms with Crippen LogP contribution in [-0.4, -0.2) is 18.3 Å². The zero-order chi connectivity index (χ0) is 74.0. The Kier molecular flexibility index (Phi) is 16.2. The molecule has 0 aliphatic heterocycles. The minimum atomic E-state index is 1.14. The van der Waals surface area contributed by atoms with E-state index in [0.29, 0.717) is 0 Å². The molecule has 0 radical (unpaired) electrons. The number of nitrogens with zero attached hydrogens (tertiary/aromatic N) is 4. The maximum Gasteiger partial charge on any atom is 0.0547 e. The van der Waals surface area contributed by atoms with Crippen molar-refractivity contribution in [2.45, 2.75) is 0 Å². The molecule has 0 N–H and O–H groups in total. The highest BCUT2D eigenvalue weighted by molar-refractivity contribution is 6.15. The highest BCUT2D eigenvalue weighted by Gasteiger charge is 2.22. The van der Waals surface area contributed by atoms with Crippen LogP contribution in [0.15, 0.2) is 437 Å². The molecule has 0 aliphatic carbocycles. The summed E-state index contributed by atoms with van der Waals surface area (Å²) in [5, 5.41) is 9.97. The summed E-state index contributed by atoms with van der Waals surface area (Å²) in [6, 6.07) is 159. The lowest BCUT2D eigenvalue weighted by Gasteiger charge is -2.14. The summed E-state index contributed by atoms with van der Waals surface area (Å²) in [6.45, 7) is 0. The van der Waals surface area contributed by atoms with Crippen LogP contribution in [0.2, 0.25) is 0 Å². The van der Waals surface area contributed by atoms with E-state index in [2.05, 4.69) is 455 Å². The van der Waals surface area contributed by atoms with Crippen molar-refractivity contribution in [3.8, 4) is 112 Å². The Morgan fingerprint density at radius 1 is 0.0982 bits per heavy atom. The third-order valence-electron chi connectivity index (χ3n) is 22.6. The molecule has 112 heavy (non-hydrogen) atoms. The van der Waals surface area contributed by atoms with E-state index in [1.54, 1.807) is 0 Å². The lowest BCUT2D eigenvalue weighted by Crippen LogP contribution is -1.96. The van der Waals surface area contributed by atoms with Crippen LogP contribution in [0.4, 0.5) is 0 Å². The normalized spacial score (nSPS) is 11.6. The summed E-state index contributed by atoms with van der Waals surface area (Å²) < 4.78 is 9.75. The standard InChI is InChI=1S/2C54H36N2/c1-4-15-37(16-5-1)40-21-14-22-45(32-40)55-51-25-12-10-23-47(51)49-29-27-41(35-53(49)55)42-28-30-50-48-24-11-13-26-52(48)56(54(50)36-42)46-33-43(38-17-6-2-7-18-38)31-44(34-46)39-19-8-3-9-20-39;1-4-14-37(15-5-1)40-24-28-45(29-25-40)55-51-22-12-10-20-47(51)49-30-26-41(35-53(49)55)42-27-31-50-48-21-11-13-23-52(48)56(54(50)36-42)46-33-43(38-16-6-2-7-17-38)32-44(34-46)39-18-8-3-9-19-39/h2*1-36H. The van der Waals surface area contributed by atoms with E-state index in [-0.39, 0.29) is 0 Å². The highest BCUT2D eigenvalue weighted by Crippen LogP contribution is 2.44. The molecule has 4 aromatic heterocycles. The van der Waals surface area contributed by atoms with Gasteiger partial charge in [0.2, 0.25) is 0 Å². The lowest BCUT2D eigenvalue weighted by atomic mass is 9.98. The van der Waals surface area contributed by atoms with Crippen LogP contribution in [0.5, 0.6) is 0 Å². The quantitative estimate of drug-likeness (QED) is 0.116. The van der Waals surface area contributed by atoms with E-state index in [0.717, 1.165) is 22.7 Å². The Labute approximate surface area is 649 Å². The molecule has 0 aliphatic rings. The number of hydrogen-bond donors (Lipinski definition) is 0. The fourth-order valence-corrected chi connectivity index (χ4v) is 17.3. The van der Waals surface area contributed by atoms with Crippen LogP contribution in [0, 0.1) is 0 Å². The second-order valence-electron chi connectivity index (χ2n) is 29.2. The molecule has 0 fully saturated rings. The third-order valence-corrected chi connectivity index (χ3v) is 22.6. The van der Waals surface area contributed by atoms with Gasteiger partial charge in [-0.05, 0) is 198 Å². The van der Waals surface area contributed by atoms with Crippen molar-refractivity contribution in [1.82, 2.24) is 18.3 Å². The van der Waals surface area contributed by atoms with Crippen molar-refractivity contribution in [2.75, 3.05) is 0 Å². The van der Waals surface area contributed by atoms with Gasteiger partial charge < -0.3 is 18.3 Å². The van der Waals surface area contributed by atoms with Crippen molar-refractivity contribution in [3.05, 3.63) is 437 Å². The predicted octanol–water partition coefficient (Wildman–Crippen LogP) is 29.1. The van der Waals surface area contributed by atoms with E-state index in [1.807, 2.05) is 0 Å². The predicted molar refractivity (Wildman–Crippen MR) is 474 cm³/mol. The zero-order valence-electron chi connectivity index (χ0n) is 61.4. The number of hydrogen-bond acceptors (Lipinski definition) is 0. The summed E-state index contributed by atoms with van der Waals surface area (Å²) in [4.78, 5) is 0.